The first-order chi connectivity index (χ1) is 10.2. The van der Waals surface area contributed by atoms with Gasteiger partial charge in [0.25, 0.3) is 0 Å². The fraction of sp³-hybridized carbons (Fsp3) is 0.312. The second-order valence-electron chi connectivity index (χ2n) is 5.33. The van der Waals surface area contributed by atoms with E-state index < -0.39 is 0 Å². The van der Waals surface area contributed by atoms with E-state index in [0.29, 0.717) is 5.56 Å². The standard InChI is InChI=1S/C16H18N4S/c1-19-6-8-20(9-7-19)13-2-3-14(12(10-13)11-17)15-4-5-16(18)21-15/h2-5,10H,6-9,18H2,1H3. The summed E-state index contributed by atoms with van der Waals surface area (Å²) in [6.45, 7) is 4.13. The van der Waals surface area contributed by atoms with Crippen LogP contribution >= 0.6 is 11.3 Å². The second-order valence-corrected chi connectivity index (χ2v) is 6.45. The monoisotopic (exact) mass is 298 g/mol. The van der Waals surface area contributed by atoms with Gasteiger partial charge in [0, 0.05) is 42.3 Å². The topological polar surface area (TPSA) is 56.3 Å². The third-order valence-electron chi connectivity index (χ3n) is 3.88. The Morgan fingerprint density at radius 3 is 2.52 bits per heavy atom. The highest BCUT2D eigenvalue weighted by Crippen LogP contribution is 2.33. The predicted molar refractivity (Wildman–Crippen MR) is 88.6 cm³/mol. The van der Waals surface area contributed by atoms with Crippen LogP contribution < -0.4 is 10.6 Å². The summed E-state index contributed by atoms with van der Waals surface area (Å²) >= 11 is 1.52. The Balaban J connectivity index is 1.91. The van der Waals surface area contributed by atoms with E-state index in [1.165, 1.54) is 11.3 Å². The molecule has 0 spiro atoms. The van der Waals surface area contributed by atoms with Crippen molar-refractivity contribution in [2.45, 2.75) is 0 Å². The zero-order valence-corrected chi connectivity index (χ0v) is 12.9. The van der Waals surface area contributed by atoms with Crippen LogP contribution in [0.4, 0.5) is 10.7 Å². The van der Waals surface area contributed by atoms with E-state index >= 15 is 0 Å². The lowest BCUT2D eigenvalue weighted by atomic mass is 10.1. The second kappa shape index (κ2) is 5.76. The lowest BCUT2D eigenvalue weighted by molar-refractivity contribution is 0.313. The number of anilines is 2. The summed E-state index contributed by atoms with van der Waals surface area (Å²) < 4.78 is 0. The number of nitrogen functional groups attached to an aromatic ring is 1. The van der Waals surface area contributed by atoms with Gasteiger partial charge in [0.05, 0.1) is 16.6 Å². The van der Waals surface area contributed by atoms with Crippen LogP contribution in [-0.2, 0) is 0 Å². The highest BCUT2D eigenvalue weighted by molar-refractivity contribution is 7.19. The van der Waals surface area contributed by atoms with Crippen LogP contribution in [0, 0.1) is 11.3 Å². The van der Waals surface area contributed by atoms with Crippen molar-refractivity contribution in [1.82, 2.24) is 4.90 Å². The van der Waals surface area contributed by atoms with Gasteiger partial charge in [0.2, 0.25) is 0 Å². The smallest absolute Gasteiger partial charge is 0.0999 e. The summed E-state index contributed by atoms with van der Waals surface area (Å²) in [6, 6.07) is 12.3. The average molecular weight is 298 g/mol. The van der Waals surface area contributed by atoms with E-state index in [0.717, 1.165) is 47.3 Å². The summed E-state index contributed by atoms with van der Waals surface area (Å²) in [5.74, 6) is 0. The Morgan fingerprint density at radius 1 is 1.14 bits per heavy atom. The van der Waals surface area contributed by atoms with Crippen LogP contribution in [0.15, 0.2) is 30.3 Å². The molecule has 1 aliphatic heterocycles. The van der Waals surface area contributed by atoms with Gasteiger partial charge in [0.15, 0.2) is 0 Å². The third kappa shape index (κ3) is 2.87. The van der Waals surface area contributed by atoms with Gasteiger partial charge in [-0.1, -0.05) is 6.07 Å². The van der Waals surface area contributed by atoms with Crippen LogP contribution in [0.25, 0.3) is 10.4 Å². The first kappa shape index (κ1) is 13.9. The largest absolute Gasteiger partial charge is 0.391 e. The van der Waals surface area contributed by atoms with Crippen molar-refractivity contribution < 1.29 is 0 Å². The molecular formula is C16H18N4S. The molecule has 1 saturated heterocycles. The number of nitriles is 1. The number of benzene rings is 1. The molecule has 0 unspecified atom stereocenters. The molecule has 1 fully saturated rings. The number of rotatable bonds is 2. The van der Waals surface area contributed by atoms with Crippen molar-refractivity contribution in [3.8, 4) is 16.5 Å². The van der Waals surface area contributed by atoms with Gasteiger partial charge in [-0.25, -0.2) is 0 Å². The molecule has 2 aromatic rings. The Bertz CT molecular complexity index is 678. The summed E-state index contributed by atoms with van der Waals surface area (Å²) in [5, 5.41) is 10.2. The maximum atomic E-state index is 9.45. The molecule has 0 amide bonds. The summed E-state index contributed by atoms with van der Waals surface area (Å²) in [7, 11) is 2.14. The van der Waals surface area contributed by atoms with E-state index in [2.05, 4.69) is 29.0 Å². The van der Waals surface area contributed by atoms with E-state index in [1.807, 2.05) is 24.3 Å². The molecule has 1 aromatic carbocycles. The molecule has 21 heavy (non-hydrogen) atoms. The van der Waals surface area contributed by atoms with Gasteiger partial charge in [0.1, 0.15) is 0 Å². The zero-order chi connectivity index (χ0) is 14.8. The van der Waals surface area contributed by atoms with Crippen LogP contribution in [0.3, 0.4) is 0 Å². The fourth-order valence-corrected chi connectivity index (χ4v) is 3.41. The minimum absolute atomic E-state index is 0.716. The van der Waals surface area contributed by atoms with Crippen molar-refractivity contribution >= 4 is 22.0 Å². The number of nitrogens with zero attached hydrogens (tertiary/aromatic N) is 3. The Kier molecular flexibility index (Phi) is 3.82. The van der Waals surface area contributed by atoms with Crippen LogP contribution in [0.5, 0.6) is 0 Å². The van der Waals surface area contributed by atoms with E-state index in [1.54, 1.807) is 0 Å². The molecule has 4 nitrogen and oxygen atoms in total. The summed E-state index contributed by atoms with van der Waals surface area (Å²) in [4.78, 5) is 5.71. The number of likely N-dealkylation sites (N-methyl/N-ethyl adjacent to an activating group) is 1. The van der Waals surface area contributed by atoms with Crippen LogP contribution in [-0.4, -0.2) is 38.1 Å². The molecule has 2 heterocycles. The van der Waals surface area contributed by atoms with Gasteiger partial charge in [-0.05, 0) is 31.3 Å². The molecule has 0 bridgehead atoms. The predicted octanol–water partition coefficient (Wildman–Crippen LogP) is 2.62. The first-order valence-electron chi connectivity index (χ1n) is 7.00. The van der Waals surface area contributed by atoms with E-state index in [-0.39, 0.29) is 0 Å². The summed E-state index contributed by atoms with van der Waals surface area (Å²) in [5.41, 5.74) is 8.61. The Labute approximate surface area is 129 Å². The molecule has 0 radical (unpaired) electrons. The Hall–Kier alpha value is -2.03. The molecule has 0 aliphatic carbocycles. The SMILES string of the molecule is CN1CCN(c2ccc(-c3ccc(N)s3)c(C#N)c2)CC1. The van der Waals surface area contributed by atoms with Crippen molar-refractivity contribution in [2.24, 2.45) is 0 Å². The van der Waals surface area contributed by atoms with Crippen molar-refractivity contribution in [3.05, 3.63) is 35.9 Å². The normalized spacial score (nSPS) is 15.9. The molecule has 2 N–H and O–H groups in total. The van der Waals surface area contributed by atoms with Crippen LogP contribution in [0.1, 0.15) is 5.56 Å². The molecule has 0 atom stereocenters. The average Bonchev–Trinajstić information content (AvgIpc) is 2.94. The maximum absolute atomic E-state index is 9.45. The Morgan fingerprint density at radius 2 is 1.90 bits per heavy atom. The fourth-order valence-electron chi connectivity index (χ4n) is 2.60. The highest BCUT2D eigenvalue weighted by Gasteiger charge is 2.16. The molecular weight excluding hydrogens is 280 g/mol. The highest BCUT2D eigenvalue weighted by atomic mass is 32.1. The van der Waals surface area contributed by atoms with Gasteiger partial charge in [-0.15, -0.1) is 11.3 Å². The molecule has 108 valence electrons. The molecule has 1 aromatic heterocycles. The summed E-state index contributed by atoms with van der Waals surface area (Å²) in [6.07, 6.45) is 0. The van der Waals surface area contributed by atoms with Gasteiger partial charge in [-0.3, -0.25) is 0 Å². The molecule has 1 aliphatic rings. The molecule has 5 heteroatoms. The van der Waals surface area contributed by atoms with Gasteiger partial charge in [-0.2, -0.15) is 5.26 Å². The number of hydrogen-bond donors (Lipinski definition) is 1. The zero-order valence-electron chi connectivity index (χ0n) is 12.0. The number of piperazine rings is 1. The first-order valence-corrected chi connectivity index (χ1v) is 7.82. The van der Waals surface area contributed by atoms with E-state index in [4.69, 9.17) is 5.73 Å². The lowest BCUT2D eigenvalue weighted by Crippen LogP contribution is -2.44. The third-order valence-corrected chi connectivity index (χ3v) is 4.83. The van der Waals surface area contributed by atoms with Crippen molar-refractivity contribution in [1.29, 1.82) is 5.26 Å². The van der Waals surface area contributed by atoms with E-state index in [9.17, 15) is 5.26 Å². The van der Waals surface area contributed by atoms with Crippen molar-refractivity contribution in [2.75, 3.05) is 43.9 Å². The molecule has 0 saturated carbocycles. The maximum Gasteiger partial charge on any atom is 0.0999 e. The number of hydrogen-bond acceptors (Lipinski definition) is 5. The van der Waals surface area contributed by atoms with Crippen LogP contribution in [0.2, 0.25) is 0 Å². The lowest BCUT2D eigenvalue weighted by Gasteiger charge is -2.34. The minimum atomic E-state index is 0.716. The number of nitrogens with two attached hydrogens (primary N) is 1. The number of thiophene rings is 1. The van der Waals surface area contributed by atoms with Gasteiger partial charge < -0.3 is 15.5 Å². The molecule has 3 rings (SSSR count). The van der Waals surface area contributed by atoms with Crippen molar-refractivity contribution in [3.63, 3.8) is 0 Å². The quantitative estimate of drug-likeness (QED) is 0.926. The van der Waals surface area contributed by atoms with Gasteiger partial charge >= 0.3 is 0 Å². The minimum Gasteiger partial charge on any atom is -0.391 e.